The Labute approximate surface area is 129 Å². The highest BCUT2D eigenvalue weighted by atomic mass is 79.9. The molecular weight excluding hydrogens is 375 g/mol. The quantitative estimate of drug-likeness (QED) is 0.774. The van der Waals surface area contributed by atoms with E-state index in [1.165, 1.54) is 12.1 Å². The van der Waals surface area contributed by atoms with Gasteiger partial charge >= 0.3 is 6.36 Å². The topological polar surface area (TPSA) is 55.4 Å². The summed E-state index contributed by atoms with van der Waals surface area (Å²) in [6, 6.07) is 4.08. The van der Waals surface area contributed by atoms with Crippen molar-refractivity contribution in [1.82, 2.24) is 0 Å². The summed E-state index contributed by atoms with van der Waals surface area (Å²) in [5, 5.41) is 2.65. The van der Waals surface area contributed by atoms with Crippen molar-refractivity contribution < 1.29 is 26.3 Å². The van der Waals surface area contributed by atoms with E-state index >= 15 is 0 Å². The predicted molar refractivity (Wildman–Crippen MR) is 78.3 cm³/mol. The van der Waals surface area contributed by atoms with Gasteiger partial charge in [0.05, 0.1) is 11.4 Å². The fourth-order valence-corrected chi connectivity index (χ4v) is 3.18. The van der Waals surface area contributed by atoms with E-state index in [-0.39, 0.29) is 23.7 Å². The van der Waals surface area contributed by atoms with Crippen LogP contribution in [0.5, 0.6) is 5.75 Å². The molecule has 0 saturated heterocycles. The first-order valence-corrected chi connectivity index (χ1v) is 8.74. The zero-order valence-corrected chi connectivity index (χ0v) is 13.6. The lowest BCUT2D eigenvalue weighted by Gasteiger charge is -2.15. The van der Waals surface area contributed by atoms with Crippen LogP contribution in [0.2, 0.25) is 0 Å². The number of benzene rings is 1. The van der Waals surface area contributed by atoms with E-state index in [0.717, 1.165) is 6.07 Å². The Bertz CT molecular complexity index is 576. The van der Waals surface area contributed by atoms with Crippen molar-refractivity contribution in [2.24, 2.45) is 0 Å². The second kappa shape index (κ2) is 7.35. The third-order valence-electron chi connectivity index (χ3n) is 2.41. The molecule has 0 saturated carbocycles. The maximum atomic E-state index is 12.3. The molecule has 9 heteroatoms. The van der Waals surface area contributed by atoms with Crippen LogP contribution in [0.15, 0.2) is 22.7 Å². The van der Waals surface area contributed by atoms with Gasteiger partial charge < -0.3 is 10.1 Å². The monoisotopic (exact) mass is 389 g/mol. The van der Waals surface area contributed by atoms with Gasteiger partial charge in [-0.25, -0.2) is 8.42 Å². The highest BCUT2D eigenvalue weighted by Crippen LogP contribution is 2.32. The Morgan fingerprint density at radius 1 is 1.29 bits per heavy atom. The summed E-state index contributed by atoms with van der Waals surface area (Å²) in [4.78, 5) is 0. The number of halogens is 4. The zero-order valence-electron chi connectivity index (χ0n) is 11.2. The molecule has 1 aromatic carbocycles. The molecule has 0 radical (unpaired) electrons. The van der Waals surface area contributed by atoms with Crippen molar-refractivity contribution in [3.63, 3.8) is 0 Å². The molecule has 1 aromatic rings. The number of anilines is 1. The summed E-state index contributed by atoms with van der Waals surface area (Å²) < 4.78 is 64.3. The van der Waals surface area contributed by atoms with Crippen LogP contribution in [0.25, 0.3) is 0 Å². The molecule has 0 aromatic heterocycles. The van der Waals surface area contributed by atoms with E-state index in [9.17, 15) is 21.6 Å². The molecule has 0 bridgehead atoms. The van der Waals surface area contributed by atoms with Gasteiger partial charge in [-0.05, 0) is 24.6 Å². The Kier molecular flexibility index (Phi) is 6.33. The second-order valence-electron chi connectivity index (χ2n) is 4.27. The van der Waals surface area contributed by atoms with E-state index < -0.39 is 21.9 Å². The maximum Gasteiger partial charge on any atom is 0.573 e. The van der Waals surface area contributed by atoms with Crippen molar-refractivity contribution >= 4 is 31.5 Å². The summed E-state index contributed by atoms with van der Waals surface area (Å²) >= 11 is 3.05. The van der Waals surface area contributed by atoms with E-state index in [2.05, 4.69) is 26.0 Å². The lowest BCUT2D eigenvalue weighted by molar-refractivity contribution is -0.274. The normalized spacial score (nSPS) is 12.2. The van der Waals surface area contributed by atoms with Crippen molar-refractivity contribution in [2.75, 3.05) is 23.4 Å². The minimum Gasteiger partial charge on any atom is -0.404 e. The summed E-state index contributed by atoms with van der Waals surface area (Å²) in [6.45, 7) is 1.76. The molecule has 1 N–H and O–H groups in total. The average Bonchev–Trinajstić information content (AvgIpc) is 2.29. The summed E-state index contributed by atoms with van der Waals surface area (Å²) in [5.74, 6) is -0.506. The first-order valence-electron chi connectivity index (χ1n) is 6.12. The number of alkyl halides is 3. The van der Waals surface area contributed by atoms with Crippen LogP contribution in [0.3, 0.4) is 0 Å². The maximum absolute atomic E-state index is 12.3. The highest BCUT2D eigenvalue weighted by Gasteiger charge is 2.32. The van der Waals surface area contributed by atoms with Crippen LogP contribution in [0, 0.1) is 0 Å². The van der Waals surface area contributed by atoms with Crippen LogP contribution in [-0.2, 0) is 9.84 Å². The lowest BCUT2D eigenvalue weighted by atomic mass is 10.3. The number of nitrogens with one attached hydrogen (secondary N) is 1. The van der Waals surface area contributed by atoms with Gasteiger partial charge in [0.2, 0.25) is 0 Å². The van der Waals surface area contributed by atoms with Crippen LogP contribution < -0.4 is 10.1 Å². The van der Waals surface area contributed by atoms with Crippen molar-refractivity contribution in [3.8, 4) is 5.75 Å². The van der Waals surface area contributed by atoms with Gasteiger partial charge in [0.1, 0.15) is 0 Å². The molecule has 0 aliphatic heterocycles. The van der Waals surface area contributed by atoms with Crippen LogP contribution in [0.4, 0.5) is 18.9 Å². The lowest BCUT2D eigenvalue weighted by Crippen LogP contribution is -2.20. The Morgan fingerprint density at radius 3 is 2.52 bits per heavy atom. The van der Waals surface area contributed by atoms with Gasteiger partial charge in [0.15, 0.2) is 15.6 Å². The van der Waals surface area contributed by atoms with Gasteiger partial charge in [-0.15, -0.1) is 13.2 Å². The van der Waals surface area contributed by atoms with Gasteiger partial charge in [-0.3, -0.25) is 0 Å². The summed E-state index contributed by atoms with van der Waals surface area (Å²) in [7, 11) is -3.19. The van der Waals surface area contributed by atoms with Gasteiger partial charge in [0, 0.05) is 16.8 Å². The van der Waals surface area contributed by atoms with E-state index in [0.29, 0.717) is 10.9 Å². The molecule has 4 nitrogen and oxygen atoms in total. The minimum absolute atomic E-state index is 0.0121. The molecule has 1 rings (SSSR count). The number of hydrogen-bond donors (Lipinski definition) is 1. The summed E-state index contributed by atoms with van der Waals surface area (Å²) in [5.41, 5.74) is 0.0854. The molecule has 0 unspecified atom stereocenters. The van der Waals surface area contributed by atoms with Crippen LogP contribution in [0.1, 0.15) is 13.3 Å². The third-order valence-corrected chi connectivity index (χ3v) is 4.76. The van der Waals surface area contributed by atoms with Crippen LogP contribution in [-0.4, -0.2) is 32.8 Å². The highest BCUT2D eigenvalue weighted by molar-refractivity contribution is 9.10. The van der Waals surface area contributed by atoms with Crippen molar-refractivity contribution in [1.29, 1.82) is 0 Å². The molecule has 0 atom stereocenters. The molecule has 0 spiro atoms. The zero-order chi connectivity index (χ0) is 16.1. The molecule has 120 valence electrons. The fourth-order valence-electron chi connectivity index (χ4n) is 1.61. The number of sulfone groups is 1. The minimum atomic E-state index is -4.81. The van der Waals surface area contributed by atoms with E-state index in [1.54, 1.807) is 6.92 Å². The number of rotatable bonds is 7. The Balaban J connectivity index is 2.75. The molecule has 0 fully saturated rings. The van der Waals surface area contributed by atoms with Gasteiger partial charge in [-0.2, -0.15) is 0 Å². The first kappa shape index (κ1) is 18.1. The Morgan fingerprint density at radius 2 is 1.95 bits per heavy atom. The van der Waals surface area contributed by atoms with E-state index in [4.69, 9.17) is 0 Å². The molecule has 0 aliphatic rings. The SMILES string of the molecule is CCCS(=O)(=O)CCNc1ccc(Br)cc1OC(F)(F)F. The molecule has 0 amide bonds. The molecule has 21 heavy (non-hydrogen) atoms. The molecule has 0 aliphatic carbocycles. The standard InChI is InChI=1S/C12H15BrF3NO3S/c1-2-6-21(18,19)7-5-17-10-4-3-9(13)8-11(10)20-12(14,15)16/h3-4,8,17H,2,5-7H2,1H3. The van der Waals surface area contributed by atoms with Crippen LogP contribution >= 0.6 is 15.9 Å². The second-order valence-corrected chi connectivity index (χ2v) is 7.49. The smallest absolute Gasteiger partial charge is 0.404 e. The van der Waals surface area contributed by atoms with Gasteiger partial charge in [-0.1, -0.05) is 22.9 Å². The average molecular weight is 390 g/mol. The largest absolute Gasteiger partial charge is 0.573 e. The van der Waals surface area contributed by atoms with E-state index in [1.807, 2.05) is 0 Å². The summed E-state index contributed by atoms with van der Waals surface area (Å²) in [6.07, 6.45) is -4.31. The van der Waals surface area contributed by atoms with Gasteiger partial charge in [0.25, 0.3) is 0 Å². The number of hydrogen-bond acceptors (Lipinski definition) is 4. The number of ether oxygens (including phenoxy) is 1. The fraction of sp³-hybridized carbons (Fsp3) is 0.500. The van der Waals surface area contributed by atoms with Crippen molar-refractivity contribution in [3.05, 3.63) is 22.7 Å². The first-order chi connectivity index (χ1) is 9.63. The van der Waals surface area contributed by atoms with Crippen molar-refractivity contribution in [2.45, 2.75) is 19.7 Å². The molecular formula is C12H15BrF3NO3S. The molecule has 0 heterocycles. The third kappa shape index (κ3) is 7.03. The Hall–Kier alpha value is -0.960. The predicted octanol–water partition coefficient (Wildman–Crippen LogP) is 3.58.